The summed E-state index contributed by atoms with van der Waals surface area (Å²) in [6.07, 6.45) is 0.737. The second-order valence-electron chi connectivity index (χ2n) is 10.2. The monoisotopic (exact) mass is 583 g/mol. The van der Waals surface area contributed by atoms with Crippen molar-refractivity contribution < 1.29 is 18.0 Å². The number of sulfonamides is 1. The molecule has 1 N–H and O–H groups in total. The molecule has 40 heavy (non-hydrogen) atoms. The first kappa shape index (κ1) is 31.2. The molecule has 0 aliphatic rings. The number of nitrogens with zero attached hydrogens (tertiary/aromatic N) is 2. The molecule has 3 aromatic rings. The Morgan fingerprint density at radius 3 is 2.17 bits per heavy atom. The van der Waals surface area contributed by atoms with Gasteiger partial charge in [0.25, 0.3) is 10.0 Å². The summed E-state index contributed by atoms with van der Waals surface area (Å²) in [6, 6.07) is 18.0. The number of halogens is 1. The van der Waals surface area contributed by atoms with Gasteiger partial charge in [-0.3, -0.25) is 13.9 Å². The molecule has 0 saturated carbocycles. The number of rotatable bonds is 11. The molecule has 2 amide bonds. The van der Waals surface area contributed by atoms with Gasteiger partial charge in [0.1, 0.15) is 12.6 Å². The second kappa shape index (κ2) is 13.3. The number of carbonyl (C=O) groups excluding carboxylic acids is 2. The number of anilines is 1. The lowest BCUT2D eigenvalue weighted by Gasteiger charge is -2.33. The molecule has 3 aromatic carbocycles. The van der Waals surface area contributed by atoms with Gasteiger partial charge in [0.05, 0.1) is 10.6 Å². The van der Waals surface area contributed by atoms with Gasteiger partial charge in [-0.05, 0) is 82.0 Å². The Bertz CT molecular complexity index is 1460. The smallest absolute Gasteiger partial charge is 0.264 e. The number of hydrogen-bond donors (Lipinski definition) is 1. The number of benzene rings is 3. The van der Waals surface area contributed by atoms with Crippen molar-refractivity contribution in [1.82, 2.24) is 10.2 Å². The summed E-state index contributed by atoms with van der Waals surface area (Å²) in [6.45, 7) is 10.8. The minimum atomic E-state index is -4.15. The number of carbonyl (C=O) groups is 2. The van der Waals surface area contributed by atoms with E-state index < -0.39 is 28.5 Å². The van der Waals surface area contributed by atoms with E-state index in [2.05, 4.69) is 5.32 Å². The lowest BCUT2D eigenvalue weighted by Crippen LogP contribution is -2.52. The average Bonchev–Trinajstić information content (AvgIpc) is 2.92. The fourth-order valence-corrected chi connectivity index (χ4v) is 5.70. The molecule has 0 unspecified atom stereocenters. The Morgan fingerprint density at radius 2 is 1.57 bits per heavy atom. The molecule has 214 valence electrons. The molecule has 0 bridgehead atoms. The van der Waals surface area contributed by atoms with Gasteiger partial charge in [0.15, 0.2) is 0 Å². The highest BCUT2D eigenvalue weighted by Crippen LogP contribution is 2.29. The maximum atomic E-state index is 14.0. The van der Waals surface area contributed by atoms with E-state index in [0.717, 1.165) is 33.0 Å². The van der Waals surface area contributed by atoms with Gasteiger partial charge in [0, 0.05) is 17.6 Å². The molecule has 7 nitrogen and oxygen atoms in total. The maximum Gasteiger partial charge on any atom is 0.264 e. The van der Waals surface area contributed by atoms with Gasteiger partial charge < -0.3 is 10.2 Å². The predicted octanol–water partition coefficient (Wildman–Crippen LogP) is 5.79. The van der Waals surface area contributed by atoms with Crippen LogP contribution in [0.5, 0.6) is 0 Å². The summed E-state index contributed by atoms with van der Waals surface area (Å²) in [5.74, 6) is -0.815. The van der Waals surface area contributed by atoms with Gasteiger partial charge in [-0.25, -0.2) is 8.42 Å². The van der Waals surface area contributed by atoms with Crippen LogP contribution in [0.15, 0.2) is 71.6 Å². The zero-order valence-corrected chi connectivity index (χ0v) is 25.5. The third-order valence-corrected chi connectivity index (χ3v) is 9.30. The maximum absolute atomic E-state index is 14.0. The molecule has 0 saturated heterocycles. The van der Waals surface area contributed by atoms with Crippen molar-refractivity contribution in [2.75, 3.05) is 10.8 Å². The number of aryl methyl sites for hydroxylation is 3. The molecule has 2 atom stereocenters. The van der Waals surface area contributed by atoms with E-state index in [-0.39, 0.29) is 29.1 Å². The van der Waals surface area contributed by atoms with E-state index in [9.17, 15) is 18.0 Å². The van der Waals surface area contributed by atoms with E-state index in [1.165, 1.54) is 17.0 Å². The highest BCUT2D eigenvalue weighted by atomic mass is 35.5. The molecule has 0 radical (unpaired) electrons. The van der Waals surface area contributed by atoms with Gasteiger partial charge in [-0.2, -0.15) is 0 Å². The Labute approximate surface area is 243 Å². The lowest BCUT2D eigenvalue weighted by atomic mass is 10.1. The van der Waals surface area contributed by atoms with E-state index >= 15 is 0 Å². The Morgan fingerprint density at radius 1 is 0.925 bits per heavy atom. The van der Waals surface area contributed by atoms with E-state index in [1.54, 1.807) is 37.3 Å². The third-order valence-electron chi connectivity index (χ3n) is 7.10. The van der Waals surface area contributed by atoms with Gasteiger partial charge in [-0.15, -0.1) is 0 Å². The molecular formula is C31H38ClN3O4S. The Kier molecular flexibility index (Phi) is 10.4. The lowest BCUT2D eigenvalue weighted by molar-refractivity contribution is -0.139. The molecular weight excluding hydrogens is 546 g/mol. The SMILES string of the molecule is CC[C@@H](C)NC(=O)[C@H](C)N(Cc1ccccc1C)C(=O)CN(c1ccc(C)c(Cl)c1)S(=O)(=O)c1ccc(C)cc1. The first-order chi connectivity index (χ1) is 18.8. The fourth-order valence-electron chi connectivity index (χ4n) is 4.12. The van der Waals surface area contributed by atoms with E-state index in [0.29, 0.717) is 5.02 Å². The average molecular weight is 584 g/mol. The van der Waals surface area contributed by atoms with Crippen molar-refractivity contribution in [3.05, 3.63) is 94.0 Å². The van der Waals surface area contributed by atoms with Crippen LogP contribution in [-0.4, -0.2) is 43.8 Å². The van der Waals surface area contributed by atoms with E-state index in [1.807, 2.05) is 58.9 Å². The summed E-state index contributed by atoms with van der Waals surface area (Å²) >= 11 is 6.38. The van der Waals surface area contributed by atoms with Crippen molar-refractivity contribution in [3.8, 4) is 0 Å². The predicted molar refractivity (Wildman–Crippen MR) is 161 cm³/mol. The van der Waals surface area contributed by atoms with Gasteiger partial charge >= 0.3 is 0 Å². The van der Waals surface area contributed by atoms with Crippen molar-refractivity contribution >= 4 is 39.1 Å². The quantitative estimate of drug-likeness (QED) is 0.309. The molecule has 3 rings (SSSR count). The van der Waals surface area contributed by atoms with Gasteiger partial charge in [-0.1, -0.05) is 66.6 Å². The van der Waals surface area contributed by atoms with Crippen molar-refractivity contribution in [2.45, 2.75) is 71.5 Å². The van der Waals surface area contributed by atoms with Crippen LogP contribution in [0.1, 0.15) is 49.4 Å². The molecule has 0 heterocycles. The molecule has 0 fully saturated rings. The van der Waals surface area contributed by atoms with Crippen LogP contribution in [0.4, 0.5) is 5.69 Å². The van der Waals surface area contributed by atoms with Crippen LogP contribution >= 0.6 is 11.6 Å². The van der Waals surface area contributed by atoms with Crippen LogP contribution in [-0.2, 0) is 26.2 Å². The highest BCUT2D eigenvalue weighted by Gasteiger charge is 2.33. The summed E-state index contributed by atoms with van der Waals surface area (Å²) in [5, 5.41) is 3.32. The van der Waals surface area contributed by atoms with Crippen molar-refractivity contribution in [1.29, 1.82) is 0 Å². The van der Waals surface area contributed by atoms with Crippen LogP contribution in [0.2, 0.25) is 5.02 Å². The summed E-state index contributed by atoms with van der Waals surface area (Å²) in [5.41, 5.74) is 3.78. The zero-order chi connectivity index (χ0) is 29.6. The van der Waals surface area contributed by atoms with Crippen LogP contribution in [0, 0.1) is 20.8 Å². The normalized spacial score (nSPS) is 12.9. The number of amides is 2. The standard InChI is InChI=1S/C31H38ClN3O4S/c1-7-24(5)33-31(37)25(6)34(19-26-11-9-8-10-22(26)3)30(36)20-35(27-15-14-23(4)29(32)18-27)40(38,39)28-16-12-21(2)13-17-28/h8-18,24-25H,7,19-20H2,1-6H3,(H,33,37)/t24-,25+/m1/s1. The molecule has 0 aliphatic carbocycles. The molecule has 0 aromatic heterocycles. The van der Waals surface area contributed by atoms with Crippen molar-refractivity contribution in [3.63, 3.8) is 0 Å². The van der Waals surface area contributed by atoms with Crippen LogP contribution < -0.4 is 9.62 Å². The minimum absolute atomic E-state index is 0.0515. The zero-order valence-electron chi connectivity index (χ0n) is 23.9. The Hall–Kier alpha value is -3.36. The van der Waals surface area contributed by atoms with Crippen molar-refractivity contribution in [2.24, 2.45) is 0 Å². The number of hydrogen-bond acceptors (Lipinski definition) is 4. The second-order valence-corrected chi connectivity index (χ2v) is 12.5. The van der Waals surface area contributed by atoms with Crippen LogP contribution in [0.3, 0.4) is 0 Å². The summed E-state index contributed by atoms with van der Waals surface area (Å²) < 4.78 is 28.9. The van der Waals surface area contributed by atoms with Crippen LogP contribution in [0.25, 0.3) is 0 Å². The first-order valence-corrected chi connectivity index (χ1v) is 15.2. The molecule has 0 spiro atoms. The molecule has 9 heteroatoms. The fraction of sp³-hybridized carbons (Fsp3) is 0.355. The Balaban J connectivity index is 2.06. The summed E-state index contributed by atoms with van der Waals surface area (Å²) in [7, 11) is -4.15. The number of nitrogens with one attached hydrogen (secondary N) is 1. The largest absolute Gasteiger partial charge is 0.352 e. The van der Waals surface area contributed by atoms with Gasteiger partial charge in [0.2, 0.25) is 11.8 Å². The van der Waals surface area contributed by atoms with E-state index in [4.69, 9.17) is 11.6 Å². The topological polar surface area (TPSA) is 86.8 Å². The first-order valence-electron chi connectivity index (χ1n) is 13.3. The highest BCUT2D eigenvalue weighted by molar-refractivity contribution is 7.92. The third kappa shape index (κ3) is 7.43. The summed E-state index contributed by atoms with van der Waals surface area (Å²) in [4.78, 5) is 28.7. The minimum Gasteiger partial charge on any atom is -0.352 e. The molecule has 0 aliphatic heterocycles.